The van der Waals surface area contributed by atoms with Crippen LogP contribution in [-0.2, 0) is 4.79 Å². The number of anilines is 1. The molecule has 1 aliphatic rings. The quantitative estimate of drug-likeness (QED) is 0.579. The number of ketones is 1. The van der Waals surface area contributed by atoms with Crippen molar-refractivity contribution in [3.05, 3.63) is 83.9 Å². The average molecular weight is 432 g/mol. The second-order valence-electron chi connectivity index (χ2n) is 6.87. The van der Waals surface area contributed by atoms with Crippen LogP contribution in [0.15, 0.2) is 72.8 Å². The van der Waals surface area contributed by atoms with Gasteiger partial charge in [0, 0.05) is 22.9 Å². The van der Waals surface area contributed by atoms with E-state index in [1.807, 2.05) is 6.07 Å². The van der Waals surface area contributed by atoms with Gasteiger partial charge in [-0.25, -0.2) is 4.79 Å². The van der Waals surface area contributed by atoms with Gasteiger partial charge in [0.1, 0.15) is 19.0 Å². The number of hydrogen-bond donors (Lipinski definition) is 2. The highest BCUT2D eigenvalue weighted by Gasteiger charge is 2.14. The summed E-state index contributed by atoms with van der Waals surface area (Å²) in [5.41, 5.74) is 1.55. The fourth-order valence-corrected chi connectivity index (χ4v) is 3.05. The molecule has 0 saturated carbocycles. The van der Waals surface area contributed by atoms with Crippen molar-refractivity contribution in [1.29, 1.82) is 0 Å². The van der Waals surface area contributed by atoms with E-state index in [2.05, 4.69) is 10.6 Å². The van der Waals surface area contributed by atoms with E-state index in [4.69, 9.17) is 14.2 Å². The molecule has 0 bridgehead atoms. The first-order valence-electron chi connectivity index (χ1n) is 9.91. The van der Waals surface area contributed by atoms with Gasteiger partial charge in [0.25, 0.3) is 5.91 Å². The van der Waals surface area contributed by atoms with Gasteiger partial charge in [-0.1, -0.05) is 30.3 Å². The highest BCUT2D eigenvalue weighted by atomic mass is 16.6. The van der Waals surface area contributed by atoms with Crippen LogP contribution in [0.5, 0.6) is 17.2 Å². The number of rotatable bonds is 6. The molecule has 32 heavy (non-hydrogen) atoms. The molecule has 1 heterocycles. The van der Waals surface area contributed by atoms with Crippen molar-refractivity contribution in [3.8, 4) is 17.2 Å². The van der Waals surface area contributed by atoms with E-state index in [1.54, 1.807) is 66.7 Å². The van der Waals surface area contributed by atoms with E-state index in [1.165, 1.54) is 0 Å². The molecule has 8 heteroatoms. The van der Waals surface area contributed by atoms with Gasteiger partial charge in [-0.3, -0.25) is 14.9 Å². The van der Waals surface area contributed by atoms with Crippen LogP contribution >= 0.6 is 0 Å². The summed E-state index contributed by atoms with van der Waals surface area (Å²) in [4.78, 5) is 36.5. The normalized spacial score (nSPS) is 11.9. The van der Waals surface area contributed by atoms with E-state index < -0.39 is 11.9 Å². The zero-order valence-corrected chi connectivity index (χ0v) is 17.0. The Morgan fingerprint density at radius 1 is 0.812 bits per heavy atom. The van der Waals surface area contributed by atoms with Crippen LogP contribution in [0.1, 0.15) is 15.9 Å². The molecule has 0 spiro atoms. The summed E-state index contributed by atoms with van der Waals surface area (Å²) in [6.07, 6.45) is 0. The Morgan fingerprint density at radius 3 is 2.25 bits per heavy atom. The minimum atomic E-state index is -0.695. The zero-order chi connectivity index (χ0) is 22.3. The molecule has 0 radical (unpaired) electrons. The fourth-order valence-electron chi connectivity index (χ4n) is 3.05. The number of hydrogen-bond acceptors (Lipinski definition) is 6. The zero-order valence-electron chi connectivity index (χ0n) is 17.0. The Bertz CT molecular complexity index is 1130. The number of carbonyl (C=O) groups excluding carboxylic acids is 3. The van der Waals surface area contributed by atoms with Gasteiger partial charge >= 0.3 is 6.03 Å². The van der Waals surface area contributed by atoms with Crippen LogP contribution in [0.4, 0.5) is 10.5 Å². The van der Waals surface area contributed by atoms with Gasteiger partial charge in [0.15, 0.2) is 23.9 Å². The molecule has 0 saturated heterocycles. The highest BCUT2D eigenvalue weighted by molar-refractivity contribution is 6.09. The van der Waals surface area contributed by atoms with E-state index in [0.29, 0.717) is 47.3 Å². The molecular weight excluding hydrogens is 412 g/mol. The van der Waals surface area contributed by atoms with E-state index in [0.717, 1.165) is 0 Å². The summed E-state index contributed by atoms with van der Waals surface area (Å²) < 4.78 is 16.3. The first-order valence-corrected chi connectivity index (χ1v) is 9.91. The molecule has 4 rings (SSSR count). The molecule has 0 unspecified atom stereocenters. The fraction of sp³-hybridized carbons (Fsp3) is 0.125. The maximum atomic E-state index is 12.4. The van der Waals surface area contributed by atoms with Crippen LogP contribution in [0.2, 0.25) is 0 Å². The molecule has 3 amide bonds. The lowest BCUT2D eigenvalue weighted by Crippen LogP contribution is -2.37. The number of urea groups is 1. The average Bonchev–Trinajstić information content (AvgIpc) is 2.83. The SMILES string of the molecule is O=C(COc1ccc(C(=O)c2ccccc2)cc1)NC(=O)Nc1ccc2c(c1)OCCO2. The first-order chi connectivity index (χ1) is 15.6. The van der Waals surface area contributed by atoms with Gasteiger partial charge < -0.3 is 19.5 Å². The summed E-state index contributed by atoms with van der Waals surface area (Å²) in [6.45, 7) is 0.543. The van der Waals surface area contributed by atoms with Crippen molar-refractivity contribution in [1.82, 2.24) is 5.32 Å². The van der Waals surface area contributed by atoms with E-state index >= 15 is 0 Å². The van der Waals surface area contributed by atoms with Crippen molar-refractivity contribution in [2.75, 3.05) is 25.1 Å². The summed E-state index contributed by atoms with van der Waals surface area (Å²) in [5, 5.41) is 4.75. The Balaban J connectivity index is 1.25. The molecular formula is C24H20N2O6. The minimum absolute atomic E-state index is 0.106. The highest BCUT2D eigenvalue weighted by Crippen LogP contribution is 2.32. The van der Waals surface area contributed by atoms with Crippen LogP contribution in [0, 0.1) is 0 Å². The monoisotopic (exact) mass is 432 g/mol. The molecule has 2 N–H and O–H groups in total. The third kappa shape index (κ3) is 5.23. The number of nitrogens with one attached hydrogen (secondary N) is 2. The largest absolute Gasteiger partial charge is 0.486 e. The molecule has 3 aromatic rings. The maximum Gasteiger partial charge on any atom is 0.325 e. The summed E-state index contributed by atoms with van der Waals surface area (Å²) in [5.74, 6) is 0.799. The Morgan fingerprint density at radius 2 is 1.50 bits per heavy atom. The Labute approximate surface area is 184 Å². The predicted octanol–water partition coefficient (Wildman–Crippen LogP) is 3.42. The van der Waals surface area contributed by atoms with Gasteiger partial charge in [0.05, 0.1) is 0 Å². The summed E-state index contributed by atoms with van der Waals surface area (Å²) in [7, 11) is 0. The predicted molar refractivity (Wildman–Crippen MR) is 116 cm³/mol. The van der Waals surface area contributed by atoms with E-state index in [9.17, 15) is 14.4 Å². The topological polar surface area (TPSA) is 103 Å². The minimum Gasteiger partial charge on any atom is -0.486 e. The molecule has 0 aliphatic carbocycles. The van der Waals surface area contributed by atoms with Crippen LogP contribution in [0.25, 0.3) is 0 Å². The Kier molecular flexibility index (Phi) is 6.31. The smallest absolute Gasteiger partial charge is 0.325 e. The standard InChI is InChI=1S/C24H20N2O6/c27-22(26-24(29)25-18-8-11-20-21(14-18)31-13-12-30-20)15-32-19-9-6-17(7-10-19)23(28)16-4-2-1-3-5-16/h1-11,14H,12-13,15H2,(H2,25,26,27,29). The number of carbonyl (C=O) groups is 3. The molecule has 0 fully saturated rings. The van der Waals surface area contributed by atoms with Crippen molar-refractivity contribution >= 4 is 23.4 Å². The number of amides is 3. The first kappa shape index (κ1) is 20.9. The lowest BCUT2D eigenvalue weighted by atomic mass is 10.0. The van der Waals surface area contributed by atoms with Gasteiger partial charge in [-0.2, -0.15) is 0 Å². The molecule has 162 valence electrons. The molecule has 3 aromatic carbocycles. The van der Waals surface area contributed by atoms with Crippen molar-refractivity contribution in [3.63, 3.8) is 0 Å². The van der Waals surface area contributed by atoms with Crippen LogP contribution in [-0.4, -0.2) is 37.5 Å². The van der Waals surface area contributed by atoms with Crippen LogP contribution < -0.4 is 24.8 Å². The van der Waals surface area contributed by atoms with Crippen molar-refractivity contribution in [2.24, 2.45) is 0 Å². The molecule has 1 aliphatic heterocycles. The lowest BCUT2D eigenvalue weighted by Gasteiger charge is -2.19. The maximum absolute atomic E-state index is 12.4. The summed E-state index contributed by atoms with van der Waals surface area (Å²) in [6, 6.07) is 19.6. The van der Waals surface area contributed by atoms with Crippen LogP contribution in [0.3, 0.4) is 0 Å². The van der Waals surface area contributed by atoms with E-state index in [-0.39, 0.29) is 12.4 Å². The van der Waals surface area contributed by atoms with Gasteiger partial charge in [0.2, 0.25) is 0 Å². The van der Waals surface area contributed by atoms with Gasteiger partial charge in [-0.05, 0) is 36.4 Å². The molecule has 8 nitrogen and oxygen atoms in total. The number of ether oxygens (including phenoxy) is 3. The third-order valence-corrected chi connectivity index (χ3v) is 4.58. The number of imide groups is 1. The summed E-state index contributed by atoms with van der Waals surface area (Å²) >= 11 is 0. The van der Waals surface area contributed by atoms with Crippen molar-refractivity contribution < 1.29 is 28.6 Å². The van der Waals surface area contributed by atoms with Gasteiger partial charge in [-0.15, -0.1) is 0 Å². The van der Waals surface area contributed by atoms with Crippen molar-refractivity contribution in [2.45, 2.75) is 0 Å². The number of fused-ring (bicyclic) bond motifs is 1. The number of benzene rings is 3. The third-order valence-electron chi connectivity index (χ3n) is 4.58. The Hall–Kier alpha value is -4.33. The second kappa shape index (κ2) is 9.65. The molecule has 0 atom stereocenters. The second-order valence-corrected chi connectivity index (χ2v) is 6.87. The molecule has 0 aromatic heterocycles. The lowest BCUT2D eigenvalue weighted by molar-refractivity contribution is -0.121.